The summed E-state index contributed by atoms with van der Waals surface area (Å²) in [5, 5.41) is 3.91. The highest BCUT2D eigenvalue weighted by molar-refractivity contribution is 6.30. The number of nitrogens with zero attached hydrogens (tertiary/aromatic N) is 2. The van der Waals surface area contributed by atoms with Gasteiger partial charge in [-0.25, -0.2) is 9.78 Å². The lowest BCUT2D eigenvalue weighted by Crippen LogP contribution is -2.36. The van der Waals surface area contributed by atoms with Gasteiger partial charge in [-0.3, -0.25) is 0 Å². The molecule has 110 valence electrons. The number of carbonyl (C=O) groups excluding carboxylic acids is 1. The predicted molar refractivity (Wildman–Crippen MR) is 79.1 cm³/mol. The summed E-state index contributed by atoms with van der Waals surface area (Å²) in [4.78, 5) is 17.9. The van der Waals surface area contributed by atoms with Crippen molar-refractivity contribution in [1.29, 1.82) is 0 Å². The number of aromatic nitrogens is 1. The first-order valence-corrected chi connectivity index (χ1v) is 7.07. The van der Waals surface area contributed by atoms with Crippen LogP contribution in [0.5, 0.6) is 0 Å². The van der Waals surface area contributed by atoms with E-state index in [-0.39, 0.29) is 12.1 Å². The van der Waals surface area contributed by atoms with E-state index >= 15 is 0 Å². The summed E-state index contributed by atoms with van der Waals surface area (Å²) in [5.74, 6) is 0.769. The normalized spacial score (nSPS) is 19.0. The van der Waals surface area contributed by atoms with E-state index in [0.717, 1.165) is 12.2 Å². The van der Waals surface area contributed by atoms with Crippen molar-refractivity contribution in [3.8, 4) is 0 Å². The Balaban J connectivity index is 1.86. The van der Waals surface area contributed by atoms with Gasteiger partial charge in [-0.2, -0.15) is 0 Å². The number of hydrogen-bond acceptors (Lipinski definition) is 4. The molecule has 0 spiro atoms. The van der Waals surface area contributed by atoms with E-state index in [4.69, 9.17) is 16.3 Å². The molecule has 1 N–H and O–H groups in total. The highest BCUT2D eigenvalue weighted by Gasteiger charge is 2.29. The van der Waals surface area contributed by atoms with Crippen molar-refractivity contribution in [3.05, 3.63) is 23.4 Å². The lowest BCUT2D eigenvalue weighted by Gasteiger charge is -2.24. The van der Waals surface area contributed by atoms with Gasteiger partial charge in [-0.1, -0.05) is 11.6 Å². The number of pyridine rings is 1. The van der Waals surface area contributed by atoms with Crippen LogP contribution in [0.4, 0.5) is 10.6 Å². The van der Waals surface area contributed by atoms with Gasteiger partial charge in [0, 0.05) is 25.3 Å². The molecule has 1 aliphatic heterocycles. The second-order valence-electron chi connectivity index (χ2n) is 5.92. The summed E-state index contributed by atoms with van der Waals surface area (Å²) >= 11 is 5.79. The lowest BCUT2D eigenvalue weighted by atomic mass is 10.2. The van der Waals surface area contributed by atoms with Crippen LogP contribution in [0.25, 0.3) is 0 Å². The minimum atomic E-state index is -0.458. The number of nitrogens with one attached hydrogen (secondary N) is 1. The van der Waals surface area contributed by atoms with Crippen molar-refractivity contribution in [2.75, 3.05) is 18.4 Å². The van der Waals surface area contributed by atoms with Crippen molar-refractivity contribution in [2.24, 2.45) is 0 Å². The highest BCUT2D eigenvalue weighted by Crippen LogP contribution is 2.18. The van der Waals surface area contributed by atoms with Crippen molar-refractivity contribution in [1.82, 2.24) is 9.88 Å². The SMILES string of the molecule is CC(C)(C)OC(=O)N1CCC(Nc2ccc(Cl)cn2)C1. The minimum absolute atomic E-state index is 0.191. The molecule has 0 bridgehead atoms. The number of anilines is 1. The fourth-order valence-electron chi connectivity index (χ4n) is 2.04. The summed E-state index contributed by atoms with van der Waals surface area (Å²) in [6.45, 7) is 6.93. The Morgan fingerprint density at radius 3 is 2.85 bits per heavy atom. The first-order chi connectivity index (χ1) is 9.33. The van der Waals surface area contributed by atoms with Crippen LogP contribution in [-0.2, 0) is 4.74 Å². The van der Waals surface area contributed by atoms with Gasteiger partial charge in [-0.05, 0) is 39.3 Å². The Bertz CT molecular complexity index is 470. The Morgan fingerprint density at radius 1 is 1.50 bits per heavy atom. The summed E-state index contributed by atoms with van der Waals surface area (Å²) in [5.41, 5.74) is -0.458. The monoisotopic (exact) mass is 297 g/mol. The molecule has 0 radical (unpaired) electrons. The van der Waals surface area contributed by atoms with Crippen LogP contribution in [-0.4, -0.2) is 40.7 Å². The van der Waals surface area contributed by atoms with Crippen LogP contribution in [0.2, 0.25) is 5.02 Å². The van der Waals surface area contributed by atoms with Crippen LogP contribution in [0.1, 0.15) is 27.2 Å². The van der Waals surface area contributed by atoms with E-state index in [0.29, 0.717) is 18.1 Å². The van der Waals surface area contributed by atoms with Crippen LogP contribution in [0.15, 0.2) is 18.3 Å². The minimum Gasteiger partial charge on any atom is -0.444 e. The van der Waals surface area contributed by atoms with E-state index < -0.39 is 5.60 Å². The molecule has 0 aliphatic carbocycles. The molecule has 0 saturated carbocycles. The molecule has 20 heavy (non-hydrogen) atoms. The molecule has 1 amide bonds. The van der Waals surface area contributed by atoms with E-state index in [1.165, 1.54) is 0 Å². The van der Waals surface area contributed by atoms with Crippen LogP contribution >= 0.6 is 11.6 Å². The molecular weight excluding hydrogens is 278 g/mol. The standard InChI is InChI=1S/C14H20ClN3O2/c1-14(2,3)20-13(19)18-7-6-11(9-18)17-12-5-4-10(15)8-16-12/h4-5,8,11H,6-7,9H2,1-3H3,(H,16,17). The highest BCUT2D eigenvalue weighted by atomic mass is 35.5. The van der Waals surface area contributed by atoms with Gasteiger partial charge in [0.05, 0.1) is 5.02 Å². The van der Waals surface area contributed by atoms with Crippen molar-refractivity contribution in [3.63, 3.8) is 0 Å². The second-order valence-corrected chi connectivity index (χ2v) is 6.35. The largest absolute Gasteiger partial charge is 0.444 e. The van der Waals surface area contributed by atoms with E-state index in [1.54, 1.807) is 17.2 Å². The Hall–Kier alpha value is -1.49. The first kappa shape index (κ1) is 14.9. The van der Waals surface area contributed by atoms with Gasteiger partial charge < -0.3 is 15.0 Å². The molecule has 1 aliphatic rings. The molecule has 1 atom stereocenters. The van der Waals surface area contributed by atoms with Crippen molar-refractivity contribution < 1.29 is 9.53 Å². The van der Waals surface area contributed by atoms with E-state index in [9.17, 15) is 4.79 Å². The Labute approximate surface area is 124 Å². The smallest absolute Gasteiger partial charge is 0.410 e. The third-order valence-electron chi connectivity index (χ3n) is 2.92. The number of carbonyl (C=O) groups is 1. The molecule has 1 aromatic rings. The van der Waals surface area contributed by atoms with Crippen LogP contribution in [0.3, 0.4) is 0 Å². The van der Waals surface area contributed by atoms with Gasteiger partial charge in [0.2, 0.25) is 0 Å². The third-order valence-corrected chi connectivity index (χ3v) is 3.14. The molecule has 2 rings (SSSR count). The molecule has 2 heterocycles. The number of rotatable bonds is 2. The number of halogens is 1. The molecule has 1 unspecified atom stereocenters. The van der Waals surface area contributed by atoms with Gasteiger partial charge in [0.15, 0.2) is 0 Å². The number of likely N-dealkylation sites (tertiary alicyclic amines) is 1. The zero-order valence-electron chi connectivity index (χ0n) is 12.0. The quantitative estimate of drug-likeness (QED) is 0.911. The van der Waals surface area contributed by atoms with Gasteiger partial charge in [0.1, 0.15) is 11.4 Å². The van der Waals surface area contributed by atoms with Crippen LogP contribution in [0, 0.1) is 0 Å². The average Bonchev–Trinajstić information content (AvgIpc) is 2.79. The molecule has 1 aromatic heterocycles. The first-order valence-electron chi connectivity index (χ1n) is 6.69. The summed E-state index contributed by atoms with van der Waals surface area (Å²) in [6, 6.07) is 3.81. The van der Waals surface area contributed by atoms with Gasteiger partial charge in [0.25, 0.3) is 0 Å². The molecule has 5 nitrogen and oxygen atoms in total. The summed E-state index contributed by atoms with van der Waals surface area (Å²) in [6.07, 6.45) is 2.22. The fourth-order valence-corrected chi connectivity index (χ4v) is 2.15. The maximum Gasteiger partial charge on any atom is 0.410 e. The van der Waals surface area contributed by atoms with Gasteiger partial charge >= 0.3 is 6.09 Å². The molecule has 6 heteroatoms. The maximum atomic E-state index is 11.9. The number of hydrogen-bond donors (Lipinski definition) is 1. The average molecular weight is 298 g/mol. The zero-order chi connectivity index (χ0) is 14.8. The molecule has 0 aromatic carbocycles. The second kappa shape index (κ2) is 5.87. The summed E-state index contributed by atoms with van der Waals surface area (Å²) < 4.78 is 5.36. The lowest BCUT2D eigenvalue weighted by molar-refractivity contribution is 0.0293. The number of amides is 1. The Morgan fingerprint density at radius 2 is 2.25 bits per heavy atom. The van der Waals surface area contributed by atoms with Crippen molar-refractivity contribution in [2.45, 2.75) is 38.8 Å². The Kier molecular flexibility index (Phi) is 4.38. The molecule has 1 saturated heterocycles. The number of ether oxygens (including phenoxy) is 1. The molecule has 1 fully saturated rings. The zero-order valence-corrected chi connectivity index (χ0v) is 12.8. The van der Waals surface area contributed by atoms with Crippen molar-refractivity contribution >= 4 is 23.5 Å². The summed E-state index contributed by atoms with van der Waals surface area (Å²) in [7, 11) is 0. The van der Waals surface area contributed by atoms with Gasteiger partial charge in [-0.15, -0.1) is 0 Å². The maximum absolute atomic E-state index is 11.9. The van der Waals surface area contributed by atoms with Crippen LogP contribution < -0.4 is 5.32 Å². The van der Waals surface area contributed by atoms with E-state index in [1.807, 2.05) is 26.8 Å². The fraction of sp³-hybridized carbons (Fsp3) is 0.571. The molecular formula is C14H20ClN3O2. The topological polar surface area (TPSA) is 54.5 Å². The third kappa shape index (κ3) is 4.27. The van der Waals surface area contributed by atoms with E-state index in [2.05, 4.69) is 10.3 Å². The predicted octanol–water partition coefficient (Wildman–Crippen LogP) is 3.16.